The van der Waals surface area contributed by atoms with Crippen LogP contribution in [0.15, 0.2) is 0 Å². The second kappa shape index (κ2) is 6.23. The summed E-state index contributed by atoms with van der Waals surface area (Å²) in [5, 5.41) is -0.725. The number of carbonyl (C=O) groups is 1. The standard InChI is InChI=1S/C11H23NO3S/c1-6-16(14,15)11(13)12(7-9(2)3)8-10(4)5/h9-10H,6-8H2,1-5H3. The lowest BCUT2D eigenvalue weighted by Crippen LogP contribution is -2.40. The predicted octanol–water partition coefficient (Wildman–Crippen LogP) is 2.16. The van der Waals surface area contributed by atoms with Gasteiger partial charge >= 0.3 is 5.24 Å². The molecule has 4 nitrogen and oxygen atoms in total. The Labute approximate surface area is 98.9 Å². The molecule has 0 aliphatic rings. The predicted molar refractivity (Wildman–Crippen MR) is 66.1 cm³/mol. The third-order valence-corrected chi connectivity index (χ3v) is 3.63. The van der Waals surface area contributed by atoms with Gasteiger partial charge in [0, 0.05) is 13.1 Å². The van der Waals surface area contributed by atoms with Gasteiger partial charge in [0.25, 0.3) is 0 Å². The highest BCUT2D eigenvalue weighted by Gasteiger charge is 2.27. The number of amides is 1. The molecule has 0 radical (unpaired) electrons. The summed E-state index contributed by atoms with van der Waals surface area (Å²) in [7, 11) is -3.60. The Morgan fingerprint density at radius 1 is 1.06 bits per heavy atom. The third-order valence-electron chi connectivity index (χ3n) is 2.08. The Hall–Kier alpha value is -0.580. The second-order valence-corrected chi connectivity index (χ2v) is 7.02. The first-order chi connectivity index (χ1) is 7.20. The van der Waals surface area contributed by atoms with Gasteiger partial charge in [-0.15, -0.1) is 0 Å². The molecule has 0 aromatic carbocycles. The van der Waals surface area contributed by atoms with Crippen molar-refractivity contribution in [1.82, 2.24) is 4.90 Å². The largest absolute Gasteiger partial charge is 0.338 e. The summed E-state index contributed by atoms with van der Waals surface area (Å²) < 4.78 is 23.0. The summed E-state index contributed by atoms with van der Waals surface area (Å²) in [6.45, 7) is 10.4. The van der Waals surface area contributed by atoms with E-state index in [0.717, 1.165) is 0 Å². The highest BCUT2D eigenvalue weighted by molar-refractivity contribution is 8.05. The van der Waals surface area contributed by atoms with Gasteiger partial charge in [-0.25, -0.2) is 8.42 Å². The molecule has 0 saturated carbocycles. The Morgan fingerprint density at radius 2 is 1.44 bits per heavy atom. The fourth-order valence-electron chi connectivity index (χ4n) is 1.43. The molecule has 0 aliphatic carbocycles. The Balaban J connectivity index is 4.83. The number of hydrogen-bond acceptors (Lipinski definition) is 3. The van der Waals surface area contributed by atoms with Crippen molar-refractivity contribution < 1.29 is 13.2 Å². The van der Waals surface area contributed by atoms with E-state index in [1.54, 1.807) is 0 Å². The molecule has 0 aliphatic heterocycles. The molecule has 0 bridgehead atoms. The van der Waals surface area contributed by atoms with Crippen LogP contribution < -0.4 is 0 Å². The number of nitrogens with zero attached hydrogens (tertiary/aromatic N) is 1. The lowest BCUT2D eigenvalue weighted by molar-refractivity contribution is 0.205. The van der Waals surface area contributed by atoms with Gasteiger partial charge in [-0.05, 0) is 11.8 Å². The van der Waals surface area contributed by atoms with Crippen LogP contribution in [0, 0.1) is 11.8 Å². The van der Waals surface area contributed by atoms with Gasteiger partial charge in [-0.1, -0.05) is 34.6 Å². The molecule has 0 spiro atoms. The zero-order valence-electron chi connectivity index (χ0n) is 10.9. The molecular formula is C11H23NO3S. The van der Waals surface area contributed by atoms with Crippen LogP contribution in [0.1, 0.15) is 34.6 Å². The fraction of sp³-hybridized carbons (Fsp3) is 0.909. The van der Waals surface area contributed by atoms with Crippen molar-refractivity contribution in [2.24, 2.45) is 11.8 Å². The molecule has 5 heteroatoms. The molecule has 1 amide bonds. The Morgan fingerprint density at radius 3 is 1.69 bits per heavy atom. The molecule has 0 heterocycles. The van der Waals surface area contributed by atoms with Crippen LogP contribution in [-0.4, -0.2) is 37.4 Å². The number of carbonyl (C=O) groups excluding carboxylic acids is 1. The molecule has 16 heavy (non-hydrogen) atoms. The zero-order valence-corrected chi connectivity index (χ0v) is 11.7. The smallest absolute Gasteiger partial charge is 0.329 e. The monoisotopic (exact) mass is 249 g/mol. The summed E-state index contributed by atoms with van der Waals surface area (Å²) >= 11 is 0. The van der Waals surface area contributed by atoms with Crippen molar-refractivity contribution in [3.8, 4) is 0 Å². The van der Waals surface area contributed by atoms with Crippen molar-refractivity contribution in [3.05, 3.63) is 0 Å². The fourth-order valence-corrected chi connectivity index (χ4v) is 2.21. The maximum Gasteiger partial charge on any atom is 0.338 e. The van der Waals surface area contributed by atoms with Crippen LogP contribution in [0.2, 0.25) is 0 Å². The molecule has 0 saturated heterocycles. The summed E-state index contributed by atoms with van der Waals surface area (Å²) in [6.07, 6.45) is 0. The van der Waals surface area contributed by atoms with Crippen molar-refractivity contribution in [2.75, 3.05) is 18.8 Å². The average Bonchev–Trinajstić information content (AvgIpc) is 2.14. The second-order valence-electron chi connectivity index (χ2n) is 4.86. The van der Waals surface area contributed by atoms with Crippen LogP contribution in [-0.2, 0) is 9.84 Å². The lowest BCUT2D eigenvalue weighted by Gasteiger charge is -2.25. The quantitative estimate of drug-likeness (QED) is 0.750. The van der Waals surface area contributed by atoms with E-state index in [4.69, 9.17) is 0 Å². The van der Waals surface area contributed by atoms with Gasteiger partial charge in [0.2, 0.25) is 9.84 Å². The lowest BCUT2D eigenvalue weighted by atomic mass is 10.1. The molecule has 0 atom stereocenters. The van der Waals surface area contributed by atoms with Crippen LogP contribution >= 0.6 is 0 Å². The van der Waals surface area contributed by atoms with Gasteiger partial charge in [0.05, 0.1) is 5.75 Å². The molecular weight excluding hydrogens is 226 g/mol. The van der Waals surface area contributed by atoms with E-state index in [2.05, 4.69) is 0 Å². The van der Waals surface area contributed by atoms with E-state index in [-0.39, 0.29) is 17.6 Å². The minimum Gasteiger partial charge on any atom is -0.329 e. The molecule has 0 rings (SSSR count). The molecule has 0 fully saturated rings. The zero-order chi connectivity index (χ0) is 12.9. The van der Waals surface area contributed by atoms with E-state index in [1.807, 2.05) is 27.7 Å². The van der Waals surface area contributed by atoms with E-state index in [1.165, 1.54) is 11.8 Å². The Bertz CT molecular complexity index is 310. The minimum absolute atomic E-state index is 0.126. The van der Waals surface area contributed by atoms with E-state index >= 15 is 0 Å². The molecule has 0 N–H and O–H groups in total. The van der Waals surface area contributed by atoms with Gasteiger partial charge < -0.3 is 4.90 Å². The molecule has 0 unspecified atom stereocenters. The third kappa shape index (κ3) is 4.96. The summed E-state index contributed by atoms with van der Waals surface area (Å²) in [4.78, 5) is 13.3. The van der Waals surface area contributed by atoms with Crippen LogP contribution in [0.5, 0.6) is 0 Å². The van der Waals surface area contributed by atoms with E-state index in [0.29, 0.717) is 13.1 Å². The summed E-state index contributed by atoms with van der Waals surface area (Å²) in [5.74, 6) is 0.419. The van der Waals surface area contributed by atoms with E-state index < -0.39 is 15.1 Å². The van der Waals surface area contributed by atoms with Crippen LogP contribution in [0.3, 0.4) is 0 Å². The van der Waals surface area contributed by atoms with Crippen molar-refractivity contribution in [2.45, 2.75) is 34.6 Å². The highest BCUT2D eigenvalue weighted by atomic mass is 32.2. The van der Waals surface area contributed by atoms with Crippen LogP contribution in [0.25, 0.3) is 0 Å². The maximum atomic E-state index is 11.8. The maximum absolute atomic E-state index is 11.8. The molecule has 96 valence electrons. The SMILES string of the molecule is CCS(=O)(=O)C(=O)N(CC(C)C)CC(C)C. The topological polar surface area (TPSA) is 54.5 Å². The molecule has 0 aromatic heterocycles. The van der Waals surface area contributed by atoms with Gasteiger partial charge in [0.15, 0.2) is 0 Å². The van der Waals surface area contributed by atoms with Crippen LogP contribution in [0.4, 0.5) is 4.79 Å². The van der Waals surface area contributed by atoms with Gasteiger partial charge in [-0.3, -0.25) is 4.79 Å². The first kappa shape index (κ1) is 15.4. The Kier molecular flexibility index (Phi) is 6.00. The number of hydrogen-bond donors (Lipinski definition) is 0. The highest BCUT2D eigenvalue weighted by Crippen LogP contribution is 2.09. The average molecular weight is 249 g/mol. The number of sulfone groups is 1. The number of rotatable bonds is 5. The normalized spacial score (nSPS) is 12.2. The van der Waals surface area contributed by atoms with Crippen molar-refractivity contribution >= 4 is 15.1 Å². The van der Waals surface area contributed by atoms with Crippen molar-refractivity contribution in [1.29, 1.82) is 0 Å². The van der Waals surface area contributed by atoms with E-state index in [9.17, 15) is 13.2 Å². The summed E-state index contributed by atoms with van der Waals surface area (Å²) in [6, 6.07) is 0. The van der Waals surface area contributed by atoms with Gasteiger partial charge in [-0.2, -0.15) is 0 Å². The minimum atomic E-state index is -3.60. The summed E-state index contributed by atoms with van der Waals surface area (Å²) in [5.41, 5.74) is 0. The molecule has 0 aromatic rings. The van der Waals surface area contributed by atoms with Gasteiger partial charge in [0.1, 0.15) is 0 Å². The van der Waals surface area contributed by atoms with Crippen molar-refractivity contribution in [3.63, 3.8) is 0 Å². The first-order valence-corrected chi connectivity index (χ1v) is 7.37. The first-order valence-electron chi connectivity index (χ1n) is 5.72.